The van der Waals surface area contributed by atoms with E-state index < -0.39 is 0 Å². The van der Waals surface area contributed by atoms with E-state index in [1.54, 1.807) is 28.3 Å². The number of aromatic nitrogens is 2. The fourth-order valence-corrected chi connectivity index (χ4v) is 2.43. The first-order valence-electron chi connectivity index (χ1n) is 6.21. The number of anilines is 1. The highest BCUT2D eigenvalue weighted by atomic mass is 32.1. The van der Waals surface area contributed by atoms with Crippen LogP contribution in [0.25, 0.3) is 0 Å². The van der Waals surface area contributed by atoms with Gasteiger partial charge >= 0.3 is 0 Å². The molecule has 2 aromatic rings. The molecule has 0 aliphatic carbocycles. The van der Waals surface area contributed by atoms with Crippen molar-refractivity contribution in [2.24, 2.45) is 0 Å². The summed E-state index contributed by atoms with van der Waals surface area (Å²) in [6, 6.07) is 3.68. The summed E-state index contributed by atoms with van der Waals surface area (Å²) >= 11 is 1.66. The molecular formula is C13H18N4OS. The number of hydrogen-bond acceptors (Lipinski definition) is 5. The van der Waals surface area contributed by atoms with Gasteiger partial charge in [-0.2, -0.15) is 0 Å². The predicted molar refractivity (Wildman–Crippen MR) is 78.0 cm³/mol. The molecule has 0 saturated heterocycles. The van der Waals surface area contributed by atoms with E-state index in [0.29, 0.717) is 6.54 Å². The summed E-state index contributed by atoms with van der Waals surface area (Å²) in [5.74, 6) is 0.0472. The van der Waals surface area contributed by atoms with Gasteiger partial charge in [-0.05, 0) is 26.0 Å². The smallest absolute Gasteiger partial charge is 0.244 e. The Balaban J connectivity index is 1.63. The van der Waals surface area contributed by atoms with E-state index in [1.807, 2.05) is 19.1 Å². The van der Waals surface area contributed by atoms with Crippen LogP contribution in [-0.2, 0) is 0 Å². The Bertz CT molecular complexity index is 513. The molecular weight excluding hydrogens is 260 g/mol. The molecule has 0 spiro atoms. The summed E-state index contributed by atoms with van der Waals surface area (Å²) in [5.41, 5.74) is 1.07. The van der Waals surface area contributed by atoms with Crippen LogP contribution in [0.1, 0.15) is 15.4 Å². The highest BCUT2D eigenvalue weighted by molar-refractivity contribution is 7.15. The van der Waals surface area contributed by atoms with Gasteiger partial charge in [-0.3, -0.25) is 9.36 Å². The number of aryl methyl sites for hydroxylation is 2. The molecule has 0 fully saturated rings. The van der Waals surface area contributed by atoms with Gasteiger partial charge in [-0.25, -0.2) is 4.98 Å². The lowest BCUT2D eigenvalue weighted by molar-refractivity contribution is 0.0913. The second kappa shape index (κ2) is 6.49. The number of nitrogens with one attached hydrogen (secondary N) is 2. The Kier molecular flexibility index (Phi) is 4.70. The lowest BCUT2D eigenvalue weighted by Gasteiger charge is -2.05. The largest absolute Gasteiger partial charge is 0.360 e. The van der Waals surface area contributed by atoms with Crippen LogP contribution in [0, 0.1) is 13.8 Å². The van der Waals surface area contributed by atoms with Crippen molar-refractivity contribution in [3.05, 3.63) is 35.1 Å². The second-order valence-electron chi connectivity index (χ2n) is 4.25. The van der Waals surface area contributed by atoms with Gasteiger partial charge in [-0.15, -0.1) is 11.3 Å². The van der Waals surface area contributed by atoms with Crippen LogP contribution in [0.2, 0.25) is 0 Å². The fourth-order valence-electron chi connectivity index (χ4n) is 1.59. The maximum Gasteiger partial charge on any atom is 0.244 e. The Hall–Kier alpha value is -1.66. The molecule has 0 atom stereocenters. The first-order chi connectivity index (χ1) is 9.16. The van der Waals surface area contributed by atoms with Crippen LogP contribution in [0.3, 0.4) is 0 Å². The van der Waals surface area contributed by atoms with Crippen molar-refractivity contribution in [2.45, 2.75) is 13.8 Å². The summed E-state index contributed by atoms with van der Waals surface area (Å²) in [6.07, 6.45) is 3.51. The number of nitrogens with zero attached hydrogens (tertiary/aromatic N) is 2. The Labute approximate surface area is 116 Å². The van der Waals surface area contributed by atoms with Crippen LogP contribution in [0.5, 0.6) is 0 Å². The molecule has 0 saturated carbocycles. The van der Waals surface area contributed by atoms with E-state index in [1.165, 1.54) is 4.88 Å². The number of rotatable bonds is 6. The molecule has 5 nitrogen and oxygen atoms in total. The first kappa shape index (κ1) is 13.8. The van der Waals surface area contributed by atoms with Crippen molar-refractivity contribution in [3.63, 3.8) is 0 Å². The minimum Gasteiger partial charge on any atom is -0.360 e. The normalized spacial score (nSPS) is 10.6. The van der Waals surface area contributed by atoms with Gasteiger partial charge in [0.15, 0.2) is 5.13 Å². The average molecular weight is 278 g/mol. The van der Waals surface area contributed by atoms with Gasteiger partial charge in [0.2, 0.25) is 5.91 Å². The summed E-state index contributed by atoms with van der Waals surface area (Å²) in [6.45, 7) is 5.89. The minimum absolute atomic E-state index is 0.0472. The molecule has 102 valence electrons. The molecule has 2 N–H and O–H groups in total. The summed E-state index contributed by atoms with van der Waals surface area (Å²) in [5, 5.41) is 7.29. The molecule has 0 radical (unpaired) electrons. The third-order valence-corrected chi connectivity index (χ3v) is 3.81. The van der Waals surface area contributed by atoms with Crippen molar-refractivity contribution in [2.75, 3.05) is 25.0 Å². The molecule has 0 bridgehead atoms. The number of carbonyl (C=O) groups excluding carboxylic acids is 1. The fraction of sp³-hybridized carbons (Fsp3) is 0.385. The second-order valence-corrected chi connectivity index (χ2v) is 5.45. The average Bonchev–Trinajstić information content (AvgIpc) is 3.00. The van der Waals surface area contributed by atoms with Gasteiger partial charge in [0, 0.05) is 30.4 Å². The van der Waals surface area contributed by atoms with E-state index in [0.717, 1.165) is 23.9 Å². The lowest BCUT2D eigenvalue weighted by atomic mass is 10.4. The zero-order valence-corrected chi connectivity index (χ0v) is 12.0. The highest BCUT2D eigenvalue weighted by Gasteiger charge is 2.03. The van der Waals surface area contributed by atoms with Crippen molar-refractivity contribution in [3.8, 4) is 0 Å². The van der Waals surface area contributed by atoms with E-state index in [9.17, 15) is 4.79 Å². The zero-order valence-electron chi connectivity index (χ0n) is 11.1. The lowest BCUT2D eigenvalue weighted by Crippen LogP contribution is -2.30. The van der Waals surface area contributed by atoms with Crippen molar-refractivity contribution >= 4 is 22.4 Å². The topological polar surface area (TPSA) is 59.0 Å². The Morgan fingerprint density at radius 2 is 2.05 bits per heavy atom. The van der Waals surface area contributed by atoms with Gasteiger partial charge < -0.3 is 10.6 Å². The third-order valence-electron chi connectivity index (χ3n) is 2.78. The molecule has 19 heavy (non-hydrogen) atoms. The molecule has 0 aliphatic rings. The molecule has 2 aromatic heterocycles. The standard InChI is InChI=1S/C13H18N4OS/c1-10-11(2)19-13(16-10)15-6-5-14-9-12(18)17-7-3-4-8-17/h3-4,7-8,14H,5-6,9H2,1-2H3,(H,15,16). The number of carbonyl (C=O) groups is 1. The summed E-state index contributed by atoms with van der Waals surface area (Å²) in [7, 11) is 0. The van der Waals surface area contributed by atoms with E-state index in [4.69, 9.17) is 0 Å². The first-order valence-corrected chi connectivity index (χ1v) is 7.03. The van der Waals surface area contributed by atoms with Gasteiger partial charge in [-0.1, -0.05) is 0 Å². The van der Waals surface area contributed by atoms with Gasteiger partial charge in [0.05, 0.1) is 12.2 Å². The van der Waals surface area contributed by atoms with Crippen molar-refractivity contribution in [1.29, 1.82) is 0 Å². The molecule has 0 unspecified atom stereocenters. The molecule has 2 heterocycles. The number of thiazole rings is 1. The number of hydrogen-bond donors (Lipinski definition) is 2. The van der Waals surface area contributed by atoms with E-state index >= 15 is 0 Å². The SMILES string of the molecule is Cc1nc(NCCNCC(=O)n2cccc2)sc1C. The monoisotopic (exact) mass is 278 g/mol. The molecule has 6 heteroatoms. The van der Waals surface area contributed by atoms with Crippen LogP contribution >= 0.6 is 11.3 Å². The highest BCUT2D eigenvalue weighted by Crippen LogP contribution is 2.20. The Morgan fingerprint density at radius 1 is 1.32 bits per heavy atom. The van der Waals surface area contributed by atoms with E-state index in [2.05, 4.69) is 22.5 Å². The van der Waals surface area contributed by atoms with Crippen molar-refractivity contribution in [1.82, 2.24) is 14.9 Å². The molecule has 0 aromatic carbocycles. The van der Waals surface area contributed by atoms with Crippen molar-refractivity contribution < 1.29 is 4.79 Å². The van der Waals surface area contributed by atoms with Crippen LogP contribution in [0.15, 0.2) is 24.5 Å². The minimum atomic E-state index is 0.0472. The quantitative estimate of drug-likeness (QED) is 0.792. The molecule has 0 aliphatic heterocycles. The van der Waals surface area contributed by atoms with Gasteiger partial charge in [0.1, 0.15) is 0 Å². The predicted octanol–water partition coefficient (Wildman–Crippen LogP) is 1.90. The maximum absolute atomic E-state index is 11.7. The van der Waals surface area contributed by atoms with E-state index in [-0.39, 0.29) is 5.91 Å². The molecule has 0 amide bonds. The van der Waals surface area contributed by atoms with Crippen LogP contribution in [0.4, 0.5) is 5.13 Å². The summed E-state index contributed by atoms with van der Waals surface area (Å²) < 4.78 is 1.58. The van der Waals surface area contributed by atoms with Crippen LogP contribution < -0.4 is 10.6 Å². The van der Waals surface area contributed by atoms with Crippen LogP contribution in [-0.4, -0.2) is 35.1 Å². The maximum atomic E-state index is 11.7. The Morgan fingerprint density at radius 3 is 2.68 bits per heavy atom. The third kappa shape index (κ3) is 3.90. The summed E-state index contributed by atoms with van der Waals surface area (Å²) in [4.78, 5) is 17.3. The van der Waals surface area contributed by atoms with Gasteiger partial charge in [0.25, 0.3) is 0 Å². The molecule has 2 rings (SSSR count). The zero-order chi connectivity index (χ0) is 13.7.